The predicted molar refractivity (Wildman–Crippen MR) is 89.5 cm³/mol. The fourth-order valence-corrected chi connectivity index (χ4v) is 3.23. The predicted octanol–water partition coefficient (Wildman–Crippen LogP) is 4.14. The van der Waals surface area contributed by atoms with Crippen LogP contribution in [0.25, 0.3) is 0 Å². The van der Waals surface area contributed by atoms with E-state index in [-0.39, 0.29) is 6.54 Å². The minimum absolute atomic E-state index is 0.0949. The third-order valence-corrected chi connectivity index (χ3v) is 5.02. The molecule has 0 fully saturated rings. The van der Waals surface area contributed by atoms with Gasteiger partial charge >= 0.3 is 5.76 Å². The highest BCUT2D eigenvalue weighted by Crippen LogP contribution is 2.24. The summed E-state index contributed by atoms with van der Waals surface area (Å²) in [7, 11) is -4.62. The van der Waals surface area contributed by atoms with Crippen molar-refractivity contribution in [1.82, 2.24) is 0 Å². The largest absolute Gasteiger partial charge is 0.387 e. The summed E-state index contributed by atoms with van der Waals surface area (Å²) < 4.78 is 47.5. The van der Waals surface area contributed by atoms with Gasteiger partial charge in [-0.2, -0.15) is 8.78 Å². The van der Waals surface area contributed by atoms with Crippen LogP contribution in [0, 0.1) is 0 Å². The number of hydrogen-bond acceptors (Lipinski definition) is 4. The van der Waals surface area contributed by atoms with Gasteiger partial charge in [0, 0.05) is 22.3 Å². The van der Waals surface area contributed by atoms with E-state index in [1.54, 1.807) is 12.1 Å². The minimum Gasteiger partial charge on any atom is -0.387 e. The summed E-state index contributed by atoms with van der Waals surface area (Å²) in [6.07, 6.45) is -0.911. The van der Waals surface area contributed by atoms with Gasteiger partial charge in [0.05, 0.1) is 11.0 Å². The van der Waals surface area contributed by atoms with Crippen molar-refractivity contribution in [2.45, 2.75) is 16.8 Å². The number of hydrogen-bond donors (Lipinski definition) is 2. The van der Waals surface area contributed by atoms with Crippen LogP contribution >= 0.6 is 23.2 Å². The number of aliphatic hydroxyl groups is 1. The lowest BCUT2D eigenvalue weighted by Crippen LogP contribution is -2.13. The summed E-state index contributed by atoms with van der Waals surface area (Å²) in [5, 5.41) is 13.8. The molecule has 2 aromatic carbocycles. The monoisotopic (exact) mass is 395 g/mol. The second-order valence-electron chi connectivity index (χ2n) is 4.93. The van der Waals surface area contributed by atoms with Crippen LogP contribution in [-0.2, 0) is 9.84 Å². The molecule has 24 heavy (non-hydrogen) atoms. The highest BCUT2D eigenvalue weighted by atomic mass is 35.5. The van der Waals surface area contributed by atoms with E-state index in [4.69, 9.17) is 23.2 Å². The molecule has 0 aliphatic carbocycles. The maximum absolute atomic E-state index is 12.4. The molecule has 1 unspecified atom stereocenters. The Morgan fingerprint density at radius 2 is 1.58 bits per heavy atom. The molecule has 2 N–H and O–H groups in total. The molecule has 0 saturated heterocycles. The van der Waals surface area contributed by atoms with Gasteiger partial charge in [-0.1, -0.05) is 23.2 Å². The molecule has 0 heterocycles. The van der Waals surface area contributed by atoms with Crippen molar-refractivity contribution in [1.29, 1.82) is 0 Å². The van der Waals surface area contributed by atoms with Crippen LogP contribution in [0.1, 0.15) is 11.7 Å². The van der Waals surface area contributed by atoms with Crippen LogP contribution in [0.4, 0.5) is 14.5 Å². The molecule has 130 valence electrons. The van der Waals surface area contributed by atoms with Crippen LogP contribution in [0.15, 0.2) is 47.4 Å². The van der Waals surface area contributed by atoms with Gasteiger partial charge in [0.2, 0.25) is 9.84 Å². The van der Waals surface area contributed by atoms with E-state index in [0.717, 1.165) is 12.1 Å². The maximum Gasteiger partial charge on any atom is 0.341 e. The molecule has 0 aliphatic rings. The third kappa shape index (κ3) is 4.57. The molecule has 9 heteroatoms. The fraction of sp³-hybridized carbons (Fsp3) is 0.200. The van der Waals surface area contributed by atoms with E-state index >= 15 is 0 Å². The highest BCUT2D eigenvalue weighted by Gasteiger charge is 2.26. The molecular weight excluding hydrogens is 383 g/mol. The van der Waals surface area contributed by atoms with Crippen molar-refractivity contribution < 1.29 is 22.3 Å². The Hall–Kier alpha value is -1.41. The molecule has 0 aliphatic heterocycles. The van der Waals surface area contributed by atoms with E-state index in [2.05, 4.69) is 5.32 Å². The number of alkyl halides is 2. The number of sulfone groups is 1. The summed E-state index contributed by atoms with van der Waals surface area (Å²) in [6.45, 7) is 0.0949. The first kappa shape index (κ1) is 18.9. The van der Waals surface area contributed by atoms with E-state index < -0.39 is 26.6 Å². The lowest BCUT2D eigenvalue weighted by molar-refractivity contribution is 0.191. The smallest absolute Gasteiger partial charge is 0.341 e. The Labute approximate surface area is 147 Å². The van der Waals surface area contributed by atoms with Crippen molar-refractivity contribution in [3.63, 3.8) is 0 Å². The molecule has 4 nitrogen and oxygen atoms in total. The van der Waals surface area contributed by atoms with E-state index in [1.165, 1.54) is 18.2 Å². The van der Waals surface area contributed by atoms with Gasteiger partial charge in [0.25, 0.3) is 0 Å². The first-order valence-corrected chi connectivity index (χ1v) is 9.00. The molecule has 0 radical (unpaired) electrons. The number of nitrogens with one attached hydrogen (secondary N) is 1. The highest BCUT2D eigenvalue weighted by molar-refractivity contribution is 7.91. The van der Waals surface area contributed by atoms with Gasteiger partial charge in [-0.05, 0) is 48.0 Å². The van der Waals surface area contributed by atoms with Crippen molar-refractivity contribution in [2.24, 2.45) is 0 Å². The normalized spacial score (nSPS) is 13.1. The van der Waals surface area contributed by atoms with Gasteiger partial charge in [0.1, 0.15) is 0 Å². The topological polar surface area (TPSA) is 66.4 Å². The van der Waals surface area contributed by atoms with E-state index in [9.17, 15) is 22.3 Å². The Balaban J connectivity index is 2.04. The second kappa shape index (κ2) is 7.65. The van der Waals surface area contributed by atoms with Crippen molar-refractivity contribution in [3.8, 4) is 0 Å². The van der Waals surface area contributed by atoms with Crippen LogP contribution < -0.4 is 5.32 Å². The van der Waals surface area contributed by atoms with Crippen LogP contribution in [0.5, 0.6) is 0 Å². The Kier molecular flexibility index (Phi) is 6.03. The SMILES string of the molecule is O=S(=O)(c1ccc(NCC(O)c2cc(Cl)cc(Cl)c2)cc1)C(F)F. The van der Waals surface area contributed by atoms with Gasteiger partial charge in [-0.25, -0.2) is 8.42 Å². The molecule has 1 atom stereocenters. The summed E-state index contributed by atoms with van der Waals surface area (Å²) >= 11 is 11.7. The number of halogens is 4. The minimum atomic E-state index is -4.62. The van der Waals surface area contributed by atoms with Gasteiger partial charge in [0.15, 0.2) is 0 Å². The molecule has 2 aromatic rings. The van der Waals surface area contributed by atoms with Crippen LogP contribution in [-0.4, -0.2) is 25.8 Å². The van der Waals surface area contributed by atoms with E-state index in [0.29, 0.717) is 21.3 Å². The molecule has 2 rings (SSSR count). The summed E-state index contributed by atoms with van der Waals surface area (Å²) in [6, 6.07) is 9.50. The van der Waals surface area contributed by atoms with Crippen LogP contribution in [0.3, 0.4) is 0 Å². The number of benzene rings is 2. The van der Waals surface area contributed by atoms with Gasteiger partial charge in [-0.3, -0.25) is 0 Å². The quantitative estimate of drug-likeness (QED) is 0.771. The lowest BCUT2D eigenvalue weighted by atomic mass is 10.1. The fourth-order valence-electron chi connectivity index (χ4n) is 1.97. The Morgan fingerprint density at radius 1 is 1.04 bits per heavy atom. The average molecular weight is 396 g/mol. The standard InChI is InChI=1S/C15H13Cl2F2NO3S/c16-10-5-9(6-11(17)7-10)14(21)8-20-12-1-3-13(4-2-12)24(22,23)15(18)19/h1-7,14-15,20-21H,8H2. The number of aliphatic hydroxyl groups excluding tert-OH is 1. The van der Waals surface area contributed by atoms with Crippen molar-refractivity contribution >= 4 is 38.7 Å². The molecule has 0 bridgehead atoms. The molecule has 0 amide bonds. The van der Waals surface area contributed by atoms with Crippen molar-refractivity contribution in [3.05, 3.63) is 58.1 Å². The molecular formula is C15H13Cl2F2NO3S. The van der Waals surface area contributed by atoms with Crippen LogP contribution in [0.2, 0.25) is 10.0 Å². The summed E-state index contributed by atoms with van der Waals surface area (Å²) in [5.74, 6) is -3.47. The van der Waals surface area contributed by atoms with E-state index in [1.807, 2.05) is 0 Å². The van der Waals surface area contributed by atoms with Gasteiger partial charge in [-0.15, -0.1) is 0 Å². The second-order valence-corrected chi connectivity index (χ2v) is 7.72. The average Bonchev–Trinajstić information content (AvgIpc) is 2.52. The third-order valence-electron chi connectivity index (χ3n) is 3.19. The Morgan fingerprint density at radius 3 is 2.08 bits per heavy atom. The zero-order valence-electron chi connectivity index (χ0n) is 12.1. The maximum atomic E-state index is 12.4. The lowest BCUT2D eigenvalue weighted by Gasteiger charge is -2.14. The summed E-state index contributed by atoms with van der Waals surface area (Å²) in [5.41, 5.74) is 0.979. The van der Waals surface area contributed by atoms with Gasteiger partial charge < -0.3 is 10.4 Å². The molecule has 0 spiro atoms. The zero-order valence-corrected chi connectivity index (χ0v) is 14.4. The Bertz CT molecular complexity index is 794. The zero-order chi connectivity index (χ0) is 17.9. The first-order chi connectivity index (χ1) is 11.2. The number of rotatable bonds is 6. The van der Waals surface area contributed by atoms with Crippen molar-refractivity contribution in [2.75, 3.05) is 11.9 Å². The first-order valence-electron chi connectivity index (χ1n) is 6.70. The summed E-state index contributed by atoms with van der Waals surface area (Å²) in [4.78, 5) is -0.467. The molecule has 0 saturated carbocycles. The molecule has 0 aromatic heterocycles. The number of anilines is 1.